The van der Waals surface area contributed by atoms with E-state index < -0.39 is 6.04 Å². The van der Waals surface area contributed by atoms with Gasteiger partial charge in [0.2, 0.25) is 5.91 Å². The number of rotatable bonds is 16. The zero-order chi connectivity index (χ0) is 33.0. The number of nitrogens with two attached hydrogens (primary N) is 1. The van der Waals surface area contributed by atoms with Gasteiger partial charge < -0.3 is 21.3 Å². The zero-order valence-corrected chi connectivity index (χ0v) is 28.1. The summed E-state index contributed by atoms with van der Waals surface area (Å²) in [7, 11) is 0. The van der Waals surface area contributed by atoms with Crippen molar-refractivity contribution in [3.8, 4) is 11.1 Å². The number of Topliss-reactive ketones (excluding diaryl/α,β-unsaturated/α-hetero) is 1. The van der Waals surface area contributed by atoms with E-state index >= 15 is 0 Å². The topological polar surface area (TPSA) is 100 Å². The van der Waals surface area contributed by atoms with Gasteiger partial charge in [-0.2, -0.15) is 0 Å². The monoisotopic (exact) mass is 649 g/mol. The lowest BCUT2D eigenvalue weighted by molar-refractivity contribution is -0.129. The molecule has 7 heteroatoms. The van der Waals surface area contributed by atoms with Crippen LogP contribution in [0, 0.1) is 0 Å². The van der Waals surface area contributed by atoms with Crippen LogP contribution in [0.3, 0.4) is 0 Å². The number of ketones is 1. The number of amides is 1. The highest BCUT2D eigenvalue weighted by Gasteiger charge is 2.26. The normalized spacial score (nSPS) is 14.7. The minimum atomic E-state index is -0.616. The molecule has 7 nitrogen and oxygen atoms in total. The Morgan fingerprint density at radius 2 is 1.56 bits per heavy atom. The van der Waals surface area contributed by atoms with Crippen LogP contribution in [0.5, 0.6) is 0 Å². The van der Waals surface area contributed by atoms with E-state index in [2.05, 4.69) is 76.8 Å². The van der Waals surface area contributed by atoms with Crippen LogP contribution in [0.2, 0.25) is 0 Å². The van der Waals surface area contributed by atoms with E-state index in [0.29, 0.717) is 25.1 Å². The molecule has 0 bridgehead atoms. The third-order valence-corrected chi connectivity index (χ3v) is 9.24. The van der Waals surface area contributed by atoms with Crippen LogP contribution >= 0.6 is 0 Å². The highest BCUT2D eigenvalue weighted by molar-refractivity contribution is 5.92. The molecule has 0 radical (unpaired) electrons. The molecule has 0 aliphatic carbocycles. The maximum absolute atomic E-state index is 13.9. The highest BCUT2D eigenvalue weighted by atomic mass is 16.2. The number of piperidine rings is 1. The minimum Gasteiger partial charge on any atom is -0.383 e. The second kappa shape index (κ2) is 18.5. The molecule has 0 unspecified atom stereocenters. The Balaban J connectivity index is 0.00000520. The van der Waals surface area contributed by atoms with Gasteiger partial charge in [-0.3, -0.25) is 9.59 Å². The second-order valence-corrected chi connectivity index (χ2v) is 13.3. The number of carbonyl (C=O) groups is 2. The van der Waals surface area contributed by atoms with Crippen LogP contribution < -0.4 is 16.4 Å². The molecular formula is C41H55N5O2. The number of likely N-dealkylation sites (tertiary alicyclic amines) is 1. The number of fused-ring (bicyclic) bond motifs is 1. The predicted molar refractivity (Wildman–Crippen MR) is 200 cm³/mol. The van der Waals surface area contributed by atoms with Crippen LogP contribution in [0.4, 0.5) is 5.82 Å². The van der Waals surface area contributed by atoms with E-state index in [1.165, 1.54) is 32.4 Å². The zero-order valence-electron chi connectivity index (χ0n) is 28.1. The summed E-state index contributed by atoms with van der Waals surface area (Å²) < 4.78 is 0. The SMILES string of the molecule is C.CC(C)N[C@H](CCCCN1CCCCC1)C(=O)N[C@@H](Cc1ccc(-c2ccccc2)cc1)C(=O)CCc1ccc2c(N)nccc2c1. The maximum Gasteiger partial charge on any atom is 0.237 e. The molecule has 4 aromatic rings. The van der Waals surface area contributed by atoms with Crippen molar-refractivity contribution in [1.82, 2.24) is 20.5 Å². The number of nitrogens with zero attached hydrogens (tertiary/aromatic N) is 2. The van der Waals surface area contributed by atoms with Gasteiger partial charge in [-0.1, -0.05) is 107 Å². The summed E-state index contributed by atoms with van der Waals surface area (Å²) >= 11 is 0. The van der Waals surface area contributed by atoms with E-state index in [9.17, 15) is 9.59 Å². The molecule has 2 heterocycles. The molecule has 2 atom stereocenters. The van der Waals surface area contributed by atoms with Crippen molar-refractivity contribution in [2.24, 2.45) is 0 Å². The number of nitrogens with one attached hydrogen (secondary N) is 2. The second-order valence-electron chi connectivity index (χ2n) is 13.3. The standard InChI is InChI=1S/C40H51N5O2.CH4/c1-29(2)43-36(13-7-10-26-45-24-8-4-9-25-45)40(47)44-37(28-31-14-18-33(19-15-31)32-11-5-3-6-12-32)38(46)21-17-30-16-20-35-34(27-30)22-23-42-39(35)41;/h3,5-6,11-12,14-16,18-20,22-23,27,29,36-37,43H,4,7-10,13,17,21,24-26,28H2,1-2H3,(H2,41,42)(H,44,47);1H4/t36-,37+;/m1./s1. The largest absolute Gasteiger partial charge is 0.383 e. The summed E-state index contributed by atoms with van der Waals surface area (Å²) in [6.45, 7) is 7.60. The van der Waals surface area contributed by atoms with Crippen molar-refractivity contribution in [3.05, 3.63) is 96.2 Å². The van der Waals surface area contributed by atoms with Gasteiger partial charge in [-0.05, 0) is 91.9 Å². The number of aryl methyl sites for hydroxylation is 1. The number of pyridine rings is 1. The smallest absolute Gasteiger partial charge is 0.237 e. The summed E-state index contributed by atoms with van der Waals surface area (Å²) in [4.78, 5) is 34.4. The van der Waals surface area contributed by atoms with Gasteiger partial charge in [0, 0.05) is 24.0 Å². The Morgan fingerprint density at radius 1 is 0.854 bits per heavy atom. The maximum atomic E-state index is 13.9. The van der Waals surface area contributed by atoms with Gasteiger partial charge in [-0.25, -0.2) is 4.98 Å². The Hall–Kier alpha value is -4.07. The van der Waals surface area contributed by atoms with E-state index in [1.807, 2.05) is 36.4 Å². The Labute approximate surface area is 287 Å². The summed E-state index contributed by atoms with van der Waals surface area (Å²) in [5.74, 6) is 0.445. The molecule has 1 aliphatic heterocycles. The van der Waals surface area contributed by atoms with Crippen molar-refractivity contribution >= 4 is 28.3 Å². The lowest BCUT2D eigenvalue weighted by atomic mass is 9.95. The molecule has 0 saturated carbocycles. The van der Waals surface area contributed by atoms with Gasteiger partial charge in [0.05, 0.1) is 12.1 Å². The molecule has 1 fully saturated rings. The molecule has 1 amide bonds. The van der Waals surface area contributed by atoms with Crippen molar-refractivity contribution in [1.29, 1.82) is 0 Å². The van der Waals surface area contributed by atoms with Gasteiger partial charge in [0.1, 0.15) is 5.82 Å². The van der Waals surface area contributed by atoms with Crippen LogP contribution in [-0.2, 0) is 22.4 Å². The molecule has 4 N–H and O–H groups in total. The predicted octanol–water partition coefficient (Wildman–Crippen LogP) is 7.37. The fourth-order valence-electron chi connectivity index (χ4n) is 6.62. The highest BCUT2D eigenvalue weighted by Crippen LogP contribution is 2.22. The molecule has 256 valence electrons. The fraction of sp³-hybridized carbons (Fsp3) is 0.439. The number of aromatic nitrogens is 1. The van der Waals surface area contributed by atoms with Crippen molar-refractivity contribution < 1.29 is 9.59 Å². The first kappa shape index (κ1) is 36.8. The first-order chi connectivity index (χ1) is 22.9. The lowest BCUT2D eigenvalue weighted by Gasteiger charge is -2.27. The molecule has 3 aromatic carbocycles. The number of unbranched alkanes of at least 4 members (excludes halogenated alkanes) is 1. The van der Waals surface area contributed by atoms with Crippen LogP contribution in [-0.4, -0.2) is 59.3 Å². The molecule has 48 heavy (non-hydrogen) atoms. The Bertz CT molecular complexity index is 1580. The van der Waals surface area contributed by atoms with E-state index in [4.69, 9.17) is 5.73 Å². The first-order valence-corrected chi connectivity index (χ1v) is 17.4. The Kier molecular flexibility index (Phi) is 14.1. The molecular weight excluding hydrogens is 594 g/mol. The molecule has 1 aliphatic rings. The number of nitrogen functional groups attached to an aromatic ring is 1. The number of benzene rings is 3. The van der Waals surface area contributed by atoms with Gasteiger partial charge >= 0.3 is 0 Å². The Morgan fingerprint density at radius 3 is 2.29 bits per heavy atom. The van der Waals surface area contributed by atoms with E-state index in [0.717, 1.165) is 58.8 Å². The fourth-order valence-corrected chi connectivity index (χ4v) is 6.62. The summed E-state index contributed by atoms with van der Waals surface area (Å²) in [5.41, 5.74) is 10.4. The lowest BCUT2D eigenvalue weighted by Crippen LogP contribution is -2.52. The molecule has 5 rings (SSSR count). The van der Waals surface area contributed by atoms with Crippen molar-refractivity contribution in [2.75, 3.05) is 25.4 Å². The summed E-state index contributed by atoms with van der Waals surface area (Å²) in [5, 5.41) is 8.59. The van der Waals surface area contributed by atoms with Crippen molar-refractivity contribution in [2.45, 2.75) is 97.2 Å². The summed E-state index contributed by atoms with van der Waals surface area (Å²) in [6.07, 6.45) is 9.78. The van der Waals surface area contributed by atoms with Crippen molar-refractivity contribution in [3.63, 3.8) is 0 Å². The van der Waals surface area contributed by atoms with Crippen LogP contribution in [0.1, 0.15) is 77.3 Å². The van der Waals surface area contributed by atoms with E-state index in [-0.39, 0.29) is 31.2 Å². The number of hydrogen-bond donors (Lipinski definition) is 3. The van der Waals surface area contributed by atoms with Crippen LogP contribution in [0.15, 0.2) is 85.1 Å². The number of hydrogen-bond acceptors (Lipinski definition) is 6. The molecule has 1 saturated heterocycles. The molecule has 1 aromatic heterocycles. The number of carbonyl (C=O) groups excluding carboxylic acids is 2. The number of anilines is 1. The van der Waals surface area contributed by atoms with Gasteiger partial charge in [-0.15, -0.1) is 0 Å². The van der Waals surface area contributed by atoms with Gasteiger partial charge in [0.15, 0.2) is 5.78 Å². The van der Waals surface area contributed by atoms with Gasteiger partial charge in [0.25, 0.3) is 0 Å². The minimum absolute atomic E-state index is 0. The third kappa shape index (κ3) is 10.7. The quantitative estimate of drug-likeness (QED) is 0.110. The van der Waals surface area contributed by atoms with Crippen LogP contribution in [0.25, 0.3) is 21.9 Å². The third-order valence-electron chi connectivity index (χ3n) is 9.24. The summed E-state index contributed by atoms with van der Waals surface area (Å²) in [6, 6.07) is 25.8. The molecule has 0 spiro atoms. The van der Waals surface area contributed by atoms with E-state index in [1.54, 1.807) is 6.20 Å². The average Bonchev–Trinajstić information content (AvgIpc) is 3.09. The average molecular weight is 650 g/mol. The first-order valence-electron chi connectivity index (χ1n) is 17.4.